The largest absolute Gasteiger partial charge is 0.330 e. The minimum Gasteiger partial charge on any atom is -0.330 e. The van der Waals surface area contributed by atoms with Crippen LogP contribution in [0.3, 0.4) is 0 Å². The molecule has 0 saturated carbocycles. The standard InChI is InChI=1S/C20H25N9/c1-13(2)29-14(3)25-16-11-23-19(9-17(16)29)26-18-5-7-22-20(27-18)15-10-24-28(12-15)8-4-6-21/h5,7,9-13H,4,6,8,21H2,1-3H3,(H,22,23,26,27). The number of hydrogen-bond donors (Lipinski definition) is 2. The number of imidazole rings is 1. The third-order valence-corrected chi connectivity index (χ3v) is 4.66. The predicted octanol–water partition coefficient (Wildman–Crippen LogP) is 3.07. The van der Waals surface area contributed by atoms with Crippen molar-refractivity contribution in [3.63, 3.8) is 0 Å². The van der Waals surface area contributed by atoms with Crippen LogP contribution >= 0.6 is 0 Å². The lowest BCUT2D eigenvalue weighted by Gasteiger charge is -2.11. The molecule has 0 aliphatic rings. The molecule has 0 saturated heterocycles. The third kappa shape index (κ3) is 3.95. The molecule has 9 heteroatoms. The molecule has 0 amide bonds. The van der Waals surface area contributed by atoms with Gasteiger partial charge in [-0.15, -0.1) is 0 Å². The summed E-state index contributed by atoms with van der Waals surface area (Å²) >= 11 is 0. The van der Waals surface area contributed by atoms with Gasteiger partial charge in [0.2, 0.25) is 0 Å². The Morgan fingerprint density at radius 1 is 1.14 bits per heavy atom. The second-order valence-corrected chi connectivity index (χ2v) is 7.21. The summed E-state index contributed by atoms with van der Waals surface area (Å²) in [5.74, 6) is 2.97. The zero-order chi connectivity index (χ0) is 20.4. The van der Waals surface area contributed by atoms with Gasteiger partial charge in [-0.25, -0.2) is 19.9 Å². The number of pyridine rings is 1. The molecule has 0 spiro atoms. The number of nitrogens with one attached hydrogen (secondary N) is 1. The van der Waals surface area contributed by atoms with E-state index in [0.29, 0.717) is 30.0 Å². The average molecular weight is 391 g/mol. The van der Waals surface area contributed by atoms with E-state index in [4.69, 9.17) is 5.73 Å². The lowest BCUT2D eigenvalue weighted by atomic mass is 10.3. The van der Waals surface area contributed by atoms with E-state index in [1.807, 2.05) is 29.9 Å². The summed E-state index contributed by atoms with van der Waals surface area (Å²) in [5, 5.41) is 7.62. The molecule has 0 fully saturated rings. The van der Waals surface area contributed by atoms with Gasteiger partial charge in [-0.05, 0) is 39.8 Å². The van der Waals surface area contributed by atoms with E-state index in [0.717, 1.165) is 35.4 Å². The Hall–Kier alpha value is -3.33. The van der Waals surface area contributed by atoms with Gasteiger partial charge in [0.15, 0.2) is 5.82 Å². The summed E-state index contributed by atoms with van der Waals surface area (Å²) in [6, 6.07) is 4.14. The molecule has 4 aromatic heterocycles. The molecular formula is C20H25N9. The smallest absolute Gasteiger partial charge is 0.164 e. The third-order valence-electron chi connectivity index (χ3n) is 4.66. The van der Waals surface area contributed by atoms with Crippen LogP contribution in [0, 0.1) is 6.92 Å². The van der Waals surface area contributed by atoms with Crippen molar-refractivity contribution < 1.29 is 0 Å². The first kappa shape index (κ1) is 19.0. The molecule has 4 rings (SSSR count). The van der Waals surface area contributed by atoms with Crippen molar-refractivity contribution in [2.75, 3.05) is 11.9 Å². The first-order valence-corrected chi connectivity index (χ1v) is 9.72. The van der Waals surface area contributed by atoms with Gasteiger partial charge < -0.3 is 15.6 Å². The van der Waals surface area contributed by atoms with E-state index < -0.39 is 0 Å². The molecule has 150 valence electrons. The average Bonchev–Trinajstić information content (AvgIpc) is 3.30. The van der Waals surface area contributed by atoms with Gasteiger partial charge in [0.25, 0.3) is 0 Å². The van der Waals surface area contributed by atoms with Crippen molar-refractivity contribution in [3.05, 3.63) is 42.7 Å². The zero-order valence-electron chi connectivity index (χ0n) is 16.9. The minimum absolute atomic E-state index is 0.316. The monoisotopic (exact) mass is 391 g/mol. The number of aryl methyl sites for hydroxylation is 2. The van der Waals surface area contributed by atoms with Gasteiger partial charge in [-0.3, -0.25) is 4.68 Å². The van der Waals surface area contributed by atoms with Crippen molar-refractivity contribution in [3.8, 4) is 11.4 Å². The summed E-state index contributed by atoms with van der Waals surface area (Å²) in [6.07, 6.45) is 8.09. The van der Waals surface area contributed by atoms with E-state index in [9.17, 15) is 0 Å². The second kappa shape index (κ2) is 7.96. The lowest BCUT2D eigenvalue weighted by molar-refractivity contribution is 0.585. The molecule has 0 unspecified atom stereocenters. The fourth-order valence-electron chi connectivity index (χ4n) is 3.39. The van der Waals surface area contributed by atoms with Crippen molar-refractivity contribution in [2.45, 2.75) is 39.8 Å². The molecule has 4 heterocycles. The van der Waals surface area contributed by atoms with Crippen LogP contribution in [-0.4, -0.2) is 40.8 Å². The molecule has 3 N–H and O–H groups in total. The van der Waals surface area contributed by atoms with Gasteiger partial charge in [0.1, 0.15) is 23.0 Å². The maximum Gasteiger partial charge on any atom is 0.164 e. The number of fused-ring (bicyclic) bond motifs is 1. The summed E-state index contributed by atoms with van der Waals surface area (Å²) in [6.45, 7) is 7.72. The number of nitrogens with two attached hydrogens (primary N) is 1. The van der Waals surface area contributed by atoms with Crippen LogP contribution in [-0.2, 0) is 6.54 Å². The molecule has 0 bridgehead atoms. The van der Waals surface area contributed by atoms with Crippen LogP contribution in [0.1, 0.15) is 32.1 Å². The Morgan fingerprint density at radius 3 is 2.79 bits per heavy atom. The normalized spacial score (nSPS) is 11.5. The van der Waals surface area contributed by atoms with Crippen LogP contribution in [0.2, 0.25) is 0 Å². The first-order valence-electron chi connectivity index (χ1n) is 9.72. The van der Waals surface area contributed by atoms with Crippen molar-refractivity contribution >= 4 is 22.7 Å². The highest BCUT2D eigenvalue weighted by molar-refractivity contribution is 5.79. The second-order valence-electron chi connectivity index (χ2n) is 7.21. The number of anilines is 2. The Kier molecular flexibility index (Phi) is 5.22. The first-order chi connectivity index (χ1) is 14.0. The zero-order valence-corrected chi connectivity index (χ0v) is 16.9. The molecule has 29 heavy (non-hydrogen) atoms. The Balaban J connectivity index is 1.59. The Bertz CT molecular complexity index is 1130. The summed E-state index contributed by atoms with van der Waals surface area (Å²) in [7, 11) is 0. The van der Waals surface area contributed by atoms with E-state index >= 15 is 0 Å². The van der Waals surface area contributed by atoms with Gasteiger partial charge in [-0.1, -0.05) is 0 Å². The van der Waals surface area contributed by atoms with Crippen molar-refractivity contribution in [1.82, 2.24) is 34.3 Å². The van der Waals surface area contributed by atoms with E-state index in [-0.39, 0.29) is 0 Å². The minimum atomic E-state index is 0.316. The van der Waals surface area contributed by atoms with Gasteiger partial charge >= 0.3 is 0 Å². The maximum atomic E-state index is 5.56. The number of hydrogen-bond acceptors (Lipinski definition) is 7. The van der Waals surface area contributed by atoms with E-state index in [1.54, 1.807) is 18.6 Å². The van der Waals surface area contributed by atoms with Gasteiger partial charge in [0.05, 0.1) is 23.5 Å². The van der Waals surface area contributed by atoms with E-state index in [1.165, 1.54) is 0 Å². The Morgan fingerprint density at radius 2 is 2.00 bits per heavy atom. The quantitative estimate of drug-likeness (QED) is 0.498. The predicted molar refractivity (Wildman–Crippen MR) is 113 cm³/mol. The fraction of sp³-hybridized carbons (Fsp3) is 0.350. The SMILES string of the molecule is Cc1nc2cnc(Nc3ccnc(-c4cnn(CCCN)c4)n3)cc2n1C(C)C. The van der Waals surface area contributed by atoms with Crippen LogP contribution in [0.4, 0.5) is 11.6 Å². The molecule has 0 aromatic carbocycles. The molecule has 0 aliphatic carbocycles. The summed E-state index contributed by atoms with van der Waals surface area (Å²) < 4.78 is 4.06. The van der Waals surface area contributed by atoms with Crippen molar-refractivity contribution in [1.29, 1.82) is 0 Å². The molecule has 4 aromatic rings. The lowest BCUT2D eigenvalue weighted by Crippen LogP contribution is -2.05. The van der Waals surface area contributed by atoms with Crippen LogP contribution in [0.15, 0.2) is 36.9 Å². The van der Waals surface area contributed by atoms with Crippen LogP contribution < -0.4 is 11.1 Å². The molecule has 0 radical (unpaired) electrons. The highest BCUT2D eigenvalue weighted by Crippen LogP contribution is 2.24. The molecule has 0 atom stereocenters. The molecule has 9 nitrogen and oxygen atoms in total. The molecular weight excluding hydrogens is 366 g/mol. The van der Waals surface area contributed by atoms with Gasteiger partial charge in [-0.2, -0.15) is 5.10 Å². The fourth-order valence-corrected chi connectivity index (χ4v) is 3.39. The Labute approximate surface area is 169 Å². The number of nitrogens with zero attached hydrogens (tertiary/aromatic N) is 7. The number of rotatable bonds is 7. The molecule has 0 aliphatic heterocycles. The number of aromatic nitrogens is 7. The maximum absolute atomic E-state index is 5.56. The summed E-state index contributed by atoms with van der Waals surface area (Å²) in [5.41, 5.74) is 8.36. The van der Waals surface area contributed by atoms with Crippen molar-refractivity contribution in [2.24, 2.45) is 5.73 Å². The van der Waals surface area contributed by atoms with E-state index in [2.05, 4.69) is 48.8 Å². The highest BCUT2D eigenvalue weighted by atomic mass is 15.3. The van der Waals surface area contributed by atoms with Crippen LogP contribution in [0.25, 0.3) is 22.4 Å². The highest BCUT2D eigenvalue weighted by Gasteiger charge is 2.12. The topological polar surface area (TPSA) is 112 Å². The van der Waals surface area contributed by atoms with Crippen LogP contribution in [0.5, 0.6) is 0 Å². The summed E-state index contributed by atoms with van der Waals surface area (Å²) in [4.78, 5) is 18.1. The van der Waals surface area contributed by atoms with Gasteiger partial charge in [0, 0.05) is 31.0 Å².